The number of hydrogen-bond donors (Lipinski definition) is 1. The van der Waals surface area contributed by atoms with Crippen molar-refractivity contribution < 1.29 is 9.59 Å². The quantitative estimate of drug-likeness (QED) is 0.921. The minimum absolute atomic E-state index is 0.0156. The van der Waals surface area contributed by atoms with Crippen LogP contribution in [0, 0.1) is 11.3 Å². The minimum atomic E-state index is -0.359. The van der Waals surface area contributed by atoms with Crippen molar-refractivity contribution in [1.82, 2.24) is 10.2 Å². The fourth-order valence-electron chi connectivity index (χ4n) is 2.80. The van der Waals surface area contributed by atoms with Gasteiger partial charge in [0.2, 0.25) is 11.8 Å². The molecular weight excluding hydrogens is 312 g/mol. The van der Waals surface area contributed by atoms with Crippen LogP contribution < -0.4 is 5.32 Å². The van der Waals surface area contributed by atoms with E-state index in [1.54, 1.807) is 0 Å². The molecule has 1 fully saturated rings. The number of carbonyl (C=O) groups is 2. The topological polar surface area (TPSA) is 49.4 Å². The van der Waals surface area contributed by atoms with E-state index in [4.69, 9.17) is 11.6 Å². The summed E-state index contributed by atoms with van der Waals surface area (Å²) in [5.41, 5.74) is 0.632. The second-order valence-electron chi connectivity index (χ2n) is 7.16. The largest absolute Gasteiger partial charge is 0.352 e. The lowest BCUT2D eigenvalue weighted by molar-refractivity contribution is -0.142. The van der Waals surface area contributed by atoms with Crippen molar-refractivity contribution in [3.63, 3.8) is 0 Å². The fraction of sp³-hybridized carbons (Fsp3) is 0.556. The molecule has 0 bridgehead atoms. The van der Waals surface area contributed by atoms with Crippen molar-refractivity contribution in [3.05, 3.63) is 34.9 Å². The molecule has 0 aromatic heterocycles. The van der Waals surface area contributed by atoms with Gasteiger partial charge in [-0.05, 0) is 30.5 Å². The molecule has 0 radical (unpaired) electrons. The summed E-state index contributed by atoms with van der Waals surface area (Å²) in [5.74, 6) is 0.210. The Morgan fingerprint density at radius 1 is 1.26 bits per heavy atom. The summed E-state index contributed by atoms with van der Waals surface area (Å²) >= 11 is 5.94. The smallest absolute Gasteiger partial charge is 0.227 e. The average molecular weight is 337 g/mol. The van der Waals surface area contributed by atoms with Crippen LogP contribution in [0.25, 0.3) is 0 Å². The molecule has 1 heterocycles. The normalized spacial score (nSPS) is 16.3. The summed E-state index contributed by atoms with van der Waals surface area (Å²) in [7, 11) is 0. The van der Waals surface area contributed by atoms with E-state index >= 15 is 0 Å². The number of piperidine rings is 1. The van der Waals surface area contributed by atoms with Gasteiger partial charge in [-0.2, -0.15) is 0 Å². The monoisotopic (exact) mass is 336 g/mol. The maximum atomic E-state index is 12.3. The van der Waals surface area contributed by atoms with Gasteiger partial charge in [-0.3, -0.25) is 9.59 Å². The number of amides is 2. The fourth-order valence-corrected chi connectivity index (χ4v) is 3.01. The number of likely N-dealkylation sites (tertiary alicyclic amines) is 1. The highest BCUT2D eigenvalue weighted by atomic mass is 35.5. The van der Waals surface area contributed by atoms with Gasteiger partial charge < -0.3 is 10.2 Å². The molecular formula is C18H25ClN2O2. The van der Waals surface area contributed by atoms with Gasteiger partial charge in [0.05, 0.1) is 0 Å². The maximum absolute atomic E-state index is 12.3. The van der Waals surface area contributed by atoms with Crippen LogP contribution in [0.4, 0.5) is 0 Å². The van der Waals surface area contributed by atoms with Crippen LogP contribution in [-0.4, -0.2) is 29.8 Å². The zero-order chi connectivity index (χ0) is 17.0. The molecule has 1 aliphatic heterocycles. The first-order chi connectivity index (χ1) is 10.8. The Bertz CT molecular complexity index is 573. The first-order valence-corrected chi connectivity index (χ1v) is 8.46. The summed E-state index contributed by atoms with van der Waals surface area (Å²) in [6.07, 6.45) is 1.45. The van der Waals surface area contributed by atoms with E-state index in [1.807, 2.05) is 49.9 Å². The van der Waals surface area contributed by atoms with Crippen LogP contribution in [0.2, 0.25) is 5.02 Å². The number of rotatable bonds is 3. The molecule has 0 aliphatic carbocycles. The van der Waals surface area contributed by atoms with E-state index in [0.29, 0.717) is 24.7 Å². The molecule has 4 nitrogen and oxygen atoms in total. The number of nitrogens with one attached hydrogen (secondary N) is 1. The Morgan fingerprint density at radius 2 is 1.91 bits per heavy atom. The van der Waals surface area contributed by atoms with Crippen molar-refractivity contribution >= 4 is 23.4 Å². The maximum Gasteiger partial charge on any atom is 0.227 e. The van der Waals surface area contributed by atoms with E-state index in [1.165, 1.54) is 0 Å². The Labute approximate surface area is 143 Å². The first kappa shape index (κ1) is 17.8. The van der Waals surface area contributed by atoms with Crippen molar-refractivity contribution in [1.29, 1.82) is 0 Å². The molecule has 0 unspecified atom stereocenters. The number of carbonyl (C=O) groups excluding carboxylic acids is 2. The highest BCUT2D eigenvalue weighted by Crippen LogP contribution is 2.23. The van der Waals surface area contributed by atoms with Crippen LogP contribution in [0.1, 0.15) is 39.2 Å². The Hall–Kier alpha value is -1.55. The molecule has 1 aliphatic rings. The molecule has 1 aromatic rings. The third-order valence-electron chi connectivity index (χ3n) is 4.15. The summed E-state index contributed by atoms with van der Waals surface area (Å²) in [4.78, 5) is 26.4. The highest BCUT2D eigenvalue weighted by molar-refractivity contribution is 6.30. The molecule has 1 N–H and O–H groups in total. The number of halogens is 1. The van der Waals surface area contributed by atoms with Crippen LogP contribution >= 0.6 is 11.6 Å². The Kier molecular flexibility index (Phi) is 5.69. The van der Waals surface area contributed by atoms with E-state index < -0.39 is 0 Å². The van der Waals surface area contributed by atoms with Gasteiger partial charge in [-0.1, -0.05) is 44.5 Å². The molecule has 1 aromatic carbocycles. The van der Waals surface area contributed by atoms with Crippen LogP contribution in [-0.2, 0) is 16.1 Å². The number of nitrogens with zero attached hydrogens (tertiary/aromatic N) is 1. The summed E-state index contributed by atoms with van der Waals surface area (Å²) < 4.78 is 0. The van der Waals surface area contributed by atoms with Gasteiger partial charge in [-0.25, -0.2) is 0 Å². The van der Waals surface area contributed by atoms with Gasteiger partial charge in [0.25, 0.3) is 0 Å². The third-order valence-corrected chi connectivity index (χ3v) is 4.39. The zero-order valence-electron chi connectivity index (χ0n) is 14.1. The van der Waals surface area contributed by atoms with Crippen molar-refractivity contribution in [3.8, 4) is 0 Å². The van der Waals surface area contributed by atoms with Gasteiger partial charge in [0.1, 0.15) is 0 Å². The van der Waals surface area contributed by atoms with E-state index in [-0.39, 0.29) is 23.1 Å². The molecule has 2 rings (SSSR count). The molecule has 23 heavy (non-hydrogen) atoms. The van der Waals surface area contributed by atoms with Crippen LogP contribution in [0.5, 0.6) is 0 Å². The molecule has 0 saturated carbocycles. The summed E-state index contributed by atoms with van der Waals surface area (Å²) in [6.45, 7) is 7.59. The molecule has 1 saturated heterocycles. The molecule has 0 atom stereocenters. The van der Waals surface area contributed by atoms with Gasteiger partial charge in [0.15, 0.2) is 0 Å². The molecule has 5 heteroatoms. The minimum Gasteiger partial charge on any atom is -0.352 e. The van der Waals surface area contributed by atoms with E-state index in [0.717, 1.165) is 18.4 Å². The summed E-state index contributed by atoms with van der Waals surface area (Å²) in [6, 6.07) is 7.48. The Balaban J connectivity index is 1.81. The number of benzene rings is 1. The second-order valence-corrected chi connectivity index (χ2v) is 7.60. The van der Waals surface area contributed by atoms with Crippen molar-refractivity contribution in [2.75, 3.05) is 13.1 Å². The van der Waals surface area contributed by atoms with Crippen LogP contribution in [0.15, 0.2) is 24.3 Å². The molecule has 126 valence electrons. The predicted molar refractivity (Wildman–Crippen MR) is 92.1 cm³/mol. The van der Waals surface area contributed by atoms with Crippen molar-refractivity contribution in [2.24, 2.45) is 11.3 Å². The second kappa shape index (κ2) is 7.35. The predicted octanol–water partition coefficient (Wildman–Crippen LogP) is 3.24. The number of hydrogen-bond acceptors (Lipinski definition) is 2. The van der Waals surface area contributed by atoms with E-state index in [9.17, 15) is 9.59 Å². The van der Waals surface area contributed by atoms with Gasteiger partial charge in [-0.15, -0.1) is 0 Å². The lowest BCUT2D eigenvalue weighted by Crippen LogP contribution is -2.46. The Morgan fingerprint density at radius 3 is 2.48 bits per heavy atom. The van der Waals surface area contributed by atoms with Crippen molar-refractivity contribution in [2.45, 2.75) is 40.2 Å². The van der Waals surface area contributed by atoms with Gasteiger partial charge in [0, 0.05) is 36.0 Å². The first-order valence-electron chi connectivity index (χ1n) is 8.09. The lowest BCUT2D eigenvalue weighted by atomic mass is 9.90. The SMILES string of the molecule is CC(C)(C)C(=O)N1CCC(C(=O)NCc2cccc(Cl)c2)CC1. The van der Waals surface area contributed by atoms with E-state index in [2.05, 4.69) is 5.32 Å². The zero-order valence-corrected chi connectivity index (χ0v) is 14.8. The van der Waals surface area contributed by atoms with Gasteiger partial charge >= 0.3 is 0 Å². The molecule has 2 amide bonds. The standard InChI is InChI=1S/C18H25ClN2O2/c1-18(2,3)17(23)21-9-7-14(8-10-21)16(22)20-12-13-5-4-6-15(19)11-13/h4-6,11,14H,7-10,12H2,1-3H3,(H,20,22). The summed E-state index contributed by atoms with van der Waals surface area (Å²) in [5, 5.41) is 3.64. The molecule has 0 spiro atoms. The third kappa shape index (κ3) is 4.96. The highest BCUT2D eigenvalue weighted by Gasteiger charge is 2.32. The van der Waals surface area contributed by atoms with Crippen LogP contribution in [0.3, 0.4) is 0 Å². The average Bonchev–Trinajstić information content (AvgIpc) is 2.51. The lowest BCUT2D eigenvalue weighted by Gasteiger charge is -2.35.